The summed E-state index contributed by atoms with van der Waals surface area (Å²) in [6.07, 6.45) is 9.27. The number of fused-ring (bicyclic) bond motifs is 1. The van der Waals surface area contributed by atoms with Crippen molar-refractivity contribution in [2.75, 3.05) is 24.5 Å². The molecule has 1 heterocycles. The summed E-state index contributed by atoms with van der Waals surface area (Å²) in [5, 5.41) is 4.96. The molecule has 0 spiro atoms. The SMILES string of the molecule is CCCNC1CCCc2sc(N(CC)CC3CCC3)nc21. The molecule has 0 aromatic carbocycles. The zero-order valence-corrected chi connectivity index (χ0v) is 14.3. The van der Waals surface area contributed by atoms with Gasteiger partial charge >= 0.3 is 0 Å². The minimum atomic E-state index is 0.501. The Morgan fingerprint density at radius 2 is 2.10 bits per heavy atom. The average Bonchev–Trinajstić information content (AvgIpc) is 2.88. The molecule has 4 heteroatoms. The number of nitrogens with one attached hydrogen (secondary N) is 1. The number of aromatic nitrogens is 1. The lowest BCUT2D eigenvalue weighted by molar-refractivity contribution is 0.318. The van der Waals surface area contributed by atoms with Crippen LogP contribution in [0.2, 0.25) is 0 Å². The highest BCUT2D eigenvalue weighted by molar-refractivity contribution is 7.15. The normalized spacial score (nSPS) is 21.9. The Kier molecular flexibility index (Phi) is 5.17. The maximum absolute atomic E-state index is 5.05. The minimum Gasteiger partial charge on any atom is -0.348 e. The first-order valence-electron chi connectivity index (χ1n) is 8.79. The number of rotatable bonds is 7. The summed E-state index contributed by atoms with van der Waals surface area (Å²) in [5.74, 6) is 0.917. The Morgan fingerprint density at radius 1 is 1.24 bits per heavy atom. The molecular weight excluding hydrogens is 278 g/mol. The summed E-state index contributed by atoms with van der Waals surface area (Å²) in [4.78, 5) is 9.11. The maximum Gasteiger partial charge on any atom is 0.185 e. The molecule has 1 unspecified atom stereocenters. The van der Waals surface area contributed by atoms with Gasteiger partial charge in [0.2, 0.25) is 0 Å². The predicted molar refractivity (Wildman–Crippen MR) is 91.3 cm³/mol. The van der Waals surface area contributed by atoms with Crippen LogP contribution in [0.4, 0.5) is 5.13 Å². The lowest BCUT2D eigenvalue weighted by Crippen LogP contribution is -2.32. The van der Waals surface area contributed by atoms with Crippen LogP contribution in [0.1, 0.15) is 69.0 Å². The molecule has 0 radical (unpaired) electrons. The standard InChI is InChI=1S/C17H29N3S/c1-3-11-18-14-9-6-10-15-16(14)19-17(21-15)20(4-2)12-13-7-5-8-13/h13-14,18H,3-12H2,1-2H3. The van der Waals surface area contributed by atoms with Gasteiger partial charge in [0.25, 0.3) is 0 Å². The molecule has 0 aliphatic heterocycles. The predicted octanol–water partition coefficient (Wildman–Crippen LogP) is 4.15. The molecule has 1 aromatic heterocycles. The molecule has 1 N–H and O–H groups in total. The zero-order valence-electron chi connectivity index (χ0n) is 13.5. The van der Waals surface area contributed by atoms with E-state index in [-0.39, 0.29) is 0 Å². The van der Waals surface area contributed by atoms with Crippen molar-refractivity contribution in [2.24, 2.45) is 5.92 Å². The van der Waals surface area contributed by atoms with Gasteiger partial charge in [-0.1, -0.05) is 13.3 Å². The molecule has 0 saturated heterocycles. The molecule has 0 amide bonds. The maximum atomic E-state index is 5.05. The number of hydrogen-bond acceptors (Lipinski definition) is 4. The number of thiazole rings is 1. The highest BCUT2D eigenvalue weighted by Crippen LogP contribution is 2.38. The van der Waals surface area contributed by atoms with Crippen LogP contribution in [0.25, 0.3) is 0 Å². The van der Waals surface area contributed by atoms with E-state index in [0.29, 0.717) is 6.04 Å². The smallest absolute Gasteiger partial charge is 0.185 e. The number of hydrogen-bond donors (Lipinski definition) is 1. The second kappa shape index (κ2) is 7.10. The zero-order chi connectivity index (χ0) is 14.7. The third kappa shape index (κ3) is 3.42. The van der Waals surface area contributed by atoms with Gasteiger partial charge in [-0.05, 0) is 57.9 Å². The van der Waals surface area contributed by atoms with Crippen LogP contribution in [0.15, 0.2) is 0 Å². The van der Waals surface area contributed by atoms with E-state index in [2.05, 4.69) is 24.1 Å². The Bertz CT molecular complexity index is 453. The van der Waals surface area contributed by atoms with E-state index >= 15 is 0 Å². The first kappa shape index (κ1) is 15.3. The summed E-state index contributed by atoms with van der Waals surface area (Å²) in [5.41, 5.74) is 1.36. The third-order valence-electron chi connectivity index (χ3n) is 4.94. The molecule has 1 saturated carbocycles. The molecule has 0 bridgehead atoms. The van der Waals surface area contributed by atoms with Crippen LogP contribution in [0, 0.1) is 5.92 Å². The topological polar surface area (TPSA) is 28.2 Å². The molecule has 21 heavy (non-hydrogen) atoms. The van der Waals surface area contributed by atoms with Crippen molar-refractivity contribution in [3.05, 3.63) is 10.6 Å². The fourth-order valence-corrected chi connectivity index (χ4v) is 4.62. The van der Waals surface area contributed by atoms with Gasteiger partial charge in [-0.15, -0.1) is 11.3 Å². The summed E-state index contributed by atoms with van der Waals surface area (Å²) in [6, 6.07) is 0.501. The van der Waals surface area contributed by atoms with E-state index in [9.17, 15) is 0 Å². The van der Waals surface area contributed by atoms with E-state index in [0.717, 1.165) is 19.0 Å². The first-order chi connectivity index (χ1) is 10.3. The Labute approximate surface area is 133 Å². The lowest BCUT2D eigenvalue weighted by atomic mass is 9.85. The van der Waals surface area contributed by atoms with Crippen molar-refractivity contribution < 1.29 is 0 Å². The number of anilines is 1. The van der Waals surface area contributed by atoms with E-state index in [1.54, 1.807) is 0 Å². The molecule has 3 nitrogen and oxygen atoms in total. The third-order valence-corrected chi connectivity index (χ3v) is 6.13. The second-order valence-electron chi connectivity index (χ2n) is 6.54. The van der Waals surface area contributed by atoms with Gasteiger partial charge in [0, 0.05) is 18.0 Å². The molecule has 1 atom stereocenters. The van der Waals surface area contributed by atoms with Crippen molar-refractivity contribution in [3.8, 4) is 0 Å². The fraction of sp³-hybridized carbons (Fsp3) is 0.824. The monoisotopic (exact) mass is 307 g/mol. The largest absolute Gasteiger partial charge is 0.348 e. The average molecular weight is 308 g/mol. The molecule has 1 aromatic rings. The van der Waals surface area contributed by atoms with Crippen molar-refractivity contribution in [3.63, 3.8) is 0 Å². The molecule has 3 rings (SSSR count). The van der Waals surface area contributed by atoms with E-state index in [4.69, 9.17) is 4.98 Å². The molecule has 1 fully saturated rings. The molecule has 2 aliphatic rings. The Morgan fingerprint density at radius 3 is 2.76 bits per heavy atom. The van der Waals surface area contributed by atoms with E-state index in [1.165, 1.54) is 67.2 Å². The molecule has 118 valence electrons. The summed E-state index contributed by atoms with van der Waals surface area (Å²) >= 11 is 1.96. The van der Waals surface area contributed by atoms with Gasteiger partial charge in [-0.25, -0.2) is 4.98 Å². The van der Waals surface area contributed by atoms with Crippen molar-refractivity contribution >= 4 is 16.5 Å². The van der Waals surface area contributed by atoms with Gasteiger partial charge in [-0.3, -0.25) is 0 Å². The number of nitrogens with zero attached hydrogens (tertiary/aromatic N) is 2. The van der Waals surface area contributed by atoms with Crippen molar-refractivity contribution in [1.82, 2.24) is 10.3 Å². The Balaban J connectivity index is 1.72. The Hall–Kier alpha value is -0.610. The second-order valence-corrected chi connectivity index (χ2v) is 7.60. The summed E-state index contributed by atoms with van der Waals surface area (Å²) in [7, 11) is 0. The highest BCUT2D eigenvalue weighted by Gasteiger charge is 2.27. The summed E-state index contributed by atoms with van der Waals surface area (Å²) in [6.45, 7) is 7.93. The van der Waals surface area contributed by atoms with Crippen LogP contribution < -0.4 is 10.2 Å². The van der Waals surface area contributed by atoms with Crippen molar-refractivity contribution in [2.45, 2.75) is 64.8 Å². The van der Waals surface area contributed by atoms with Crippen LogP contribution in [0.3, 0.4) is 0 Å². The van der Waals surface area contributed by atoms with Crippen molar-refractivity contribution in [1.29, 1.82) is 0 Å². The molecular formula is C17H29N3S. The minimum absolute atomic E-state index is 0.501. The van der Waals surface area contributed by atoms with Crippen LogP contribution in [0.5, 0.6) is 0 Å². The van der Waals surface area contributed by atoms with E-state index < -0.39 is 0 Å². The highest BCUT2D eigenvalue weighted by atomic mass is 32.1. The quantitative estimate of drug-likeness (QED) is 0.820. The van der Waals surface area contributed by atoms with Gasteiger partial charge in [0.1, 0.15) is 0 Å². The van der Waals surface area contributed by atoms with Crippen LogP contribution in [-0.2, 0) is 6.42 Å². The van der Waals surface area contributed by atoms with E-state index in [1.807, 2.05) is 11.3 Å². The first-order valence-corrected chi connectivity index (χ1v) is 9.61. The van der Waals surface area contributed by atoms with Gasteiger partial charge in [0.05, 0.1) is 11.7 Å². The number of aryl methyl sites for hydroxylation is 1. The van der Waals surface area contributed by atoms with Gasteiger partial charge < -0.3 is 10.2 Å². The summed E-state index contributed by atoms with van der Waals surface area (Å²) < 4.78 is 0. The fourth-order valence-electron chi connectivity index (χ4n) is 3.39. The van der Waals surface area contributed by atoms with Gasteiger partial charge in [-0.2, -0.15) is 0 Å². The van der Waals surface area contributed by atoms with Crippen LogP contribution >= 0.6 is 11.3 Å². The molecule has 2 aliphatic carbocycles. The van der Waals surface area contributed by atoms with Gasteiger partial charge in [0.15, 0.2) is 5.13 Å². The van der Waals surface area contributed by atoms with Crippen LogP contribution in [-0.4, -0.2) is 24.6 Å². The lowest BCUT2D eigenvalue weighted by Gasteiger charge is -2.31.